The molecule has 1 aliphatic carbocycles. The standard InChI is InChI=1S/C16H19NO3/c18-15(13-4-2-1-3-5-13)17-11-10-12-6-8-14(9-7-12)16(19)20/h1-2,6-9,13H,3-5,10-11H2,(H,17,18)(H,19,20). The van der Waals surface area contributed by atoms with Gasteiger partial charge in [-0.3, -0.25) is 4.79 Å². The second-order valence-corrected chi connectivity index (χ2v) is 5.02. The summed E-state index contributed by atoms with van der Waals surface area (Å²) in [5.74, 6) is -0.693. The molecule has 0 saturated carbocycles. The third-order valence-corrected chi connectivity index (χ3v) is 3.55. The molecule has 4 heteroatoms. The number of carboxylic acid groups (broad SMARTS) is 1. The number of aromatic carboxylic acids is 1. The predicted molar refractivity (Wildman–Crippen MR) is 76.6 cm³/mol. The molecule has 0 saturated heterocycles. The highest BCUT2D eigenvalue weighted by molar-refractivity contribution is 5.87. The minimum atomic E-state index is -0.921. The quantitative estimate of drug-likeness (QED) is 0.810. The van der Waals surface area contributed by atoms with E-state index in [1.54, 1.807) is 24.3 Å². The molecule has 0 heterocycles. The molecule has 4 nitrogen and oxygen atoms in total. The van der Waals surface area contributed by atoms with Gasteiger partial charge in [-0.2, -0.15) is 0 Å². The van der Waals surface area contributed by atoms with Crippen molar-refractivity contribution in [1.29, 1.82) is 0 Å². The summed E-state index contributed by atoms with van der Waals surface area (Å²) >= 11 is 0. The van der Waals surface area contributed by atoms with Crippen LogP contribution in [0.3, 0.4) is 0 Å². The number of carbonyl (C=O) groups excluding carboxylic acids is 1. The maximum absolute atomic E-state index is 11.9. The minimum Gasteiger partial charge on any atom is -0.478 e. The zero-order valence-corrected chi connectivity index (χ0v) is 11.3. The number of carboxylic acids is 1. The number of carbonyl (C=O) groups is 2. The van der Waals surface area contributed by atoms with Crippen LogP contribution in [0.25, 0.3) is 0 Å². The molecule has 1 atom stereocenters. The lowest BCUT2D eigenvalue weighted by Crippen LogP contribution is -2.32. The SMILES string of the molecule is O=C(O)c1ccc(CCNC(=O)C2CC=CCC2)cc1. The molecule has 0 aliphatic heterocycles. The van der Waals surface area contributed by atoms with Crippen LogP contribution in [0.15, 0.2) is 36.4 Å². The van der Waals surface area contributed by atoms with Crippen LogP contribution < -0.4 is 5.32 Å². The number of allylic oxidation sites excluding steroid dienone is 2. The van der Waals surface area contributed by atoms with Crippen LogP contribution in [0, 0.1) is 5.92 Å². The molecule has 2 rings (SSSR count). The summed E-state index contributed by atoms with van der Waals surface area (Å²) in [7, 11) is 0. The Balaban J connectivity index is 1.76. The highest BCUT2D eigenvalue weighted by Gasteiger charge is 2.17. The van der Waals surface area contributed by atoms with Crippen molar-refractivity contribution in [3.05, 3.63) is 47.5 Å². The number of rotatable bonds is 5. The number of amides is 1. The Morgan fingerprint density at radius 1 is 1.20 bits per heavy atom. The second-order valence-electron chi connectivity index (χ2n) is 5.02. The van der Waals surface area contributed by atoms with E-state index in [4.69, 9.17) is 5.11 Å². The highest BCUT2D eigenvalue weighted by atomic mass is 16.4. The Kier molecular flexibility index (Phi) is 4.93. The van der Waals surface area contributed by atoms with Crippen LogP contribution in [-0.2, 0) is 11.2 Å². The van der Waals surface area contributed by atoms with E-state index in [9.17, 15) is 9.59 Å². The first-order valence-electron chi connectivity index (χ1n) is 6.92. The van der Waals surface area contributed by atoms with E-state index in [2.05, 4.69) is 17.5 Å². The summed E-state index contributed by atoms with van der Waals surface area (Å²) in [6.07, 6.45) is 7.64. The van der Waals surface area contributed by atoms with Gasteiger partial charge in [0.15, 0.2) is 0 Å². The summed E-state index contributed by atoms with van der Waals surface area (Å²) in [5, 5.41) is 11.8. The van der Waals surface area contributed by atoms with Gasteiger partial charge in [-0.15, -0.1) is 0 Å². The predicted octanol–water partition coefficient (Wildman–Crippen LogP) is 2.40. The average molecular weight is 273 g/mol. The van der Waals surface area contributed by atoms with Gasteiger partial charge in [0.05, 0.1) is 5.56 Å². The van der Waals surface area contributed by atoms with Crippen LogP contribution >= 0.6 is 0 Å². The van der Waals surface area contributed by atoms with E-state index in [-0.39, 0.29) is 17.4 Å². The largest absolute Gasteiger partial charge is 0.478 e. The first-order chi connectivity index (χ1) is 9.66. The fourth-order valence-corrected chi connectivity index (χ4v) is 2.32. The zero-order chi connectivity index (χ0) is 14.4. The van der Waals surface area contributed by atoms with Gasteiger partial charge in [0, 0.05) is 12.5 Å². The van der Waals surface area contributed by atoms with E-state index in [0.717, 1.165) is 24.8 Å². The van der Waals surface area contributed by atoms with E-state index in [0.29, 0.717) is 13.0 Å². The van der Waals surface area contributed by atoms with Crippen LogP contribution in [0.5, 0.6) is 0 Å². The van der Waals surface area contributed by atoms with Gasteiger partial charge < -0.3 is 10.4 Å². The molecule has 1 amide bonds. The van der Waals surface area contributed by atoms with Crippen molar-refractivity contribution in [3.63, 3.8) is 0 Å². The van der Waals surface area contributed by atoms with Crippen molar-refractivity contribution >= 4 is 11.9 Å². The molecule has 0 fully saturated rings. The van der Waals surface area contributed by atoms with Gasteiger partial charge in [0.2, 0.25) is 5.91 Å². The van der Waals surface area contributed by atoms with Crippen molar-refractivity contribution in [2.45, 2.75) is 25.7 Å². The van der Waals surface area contributed by atoms with E-state index >= 15 is 0 Å². The number of benzene rings is 1. The number of hydrogen-bond acceptors (Lipinski definition) is 2. The van der Waals surface area contributed by atoms with Crippen molar-refractivity contribution in [2.24, 2.45) is 5.92 Å². The first kappa shape index (κ1) is 14.3. The highest BCUT2D eigenvalue weighted by Crippen LogP contribution is 2.17. The Bertz CT molecular complexity index is 505. The molecular weight excluding hydrogens is 254 g/mol. The van der Waals surface area contributed by atoms with Crippen molar-refractivity contribution in [3.8, 4) is 0 Å². The van der Waals surface area contributed by atoms with Crippen molar-refractivity contribution in [2.75, 3.05) is 6.54 Å². The van der Waals surface area contributed by atoms with Gasteiger partial charge in [-0.05, 0) is 43.4 Å². The summed E-state index contributed by atoms with van der Waals surface area (Å²) < 4.78 is 0. The molecule has 1 aliphatic rings. The third-order valence-electron chi connectivity index (χ3n) is 3.55. The minimum absolute atomic E-state index is 0.106. The Morgan fingerprint density at radius 2 is 1.95 bits per heavy atom. The van der Waals surface area contributed by atoms with Crippen molar-refractivity contribution < 1.29 is 14.7 Å². The van der Waals surface area contributed by atoms with Gasteiger partial charge in [-0.25, -0.2) is 4.79 Å². The molecular formula is C16H19NO3. The second kappa shape index (κ2) is 6.89. The Morgan fingerprint density at radius 3 is 2.55 bits per heavy atom. The van der Waals surface area contributed by atoms with E-state index in [1.165, 1.54) is 0 Å². The lowest BCUT2D eigenvalue weighted by molar-refractivity contribution is -0.125. The van der Waals surface area contributed by atoms with Gasteiger partial charge in [0.1, 0.15) is 0 Å². The van der Waals surface area contributed by atoms with E-state index < -0.39 is 5.97 Å². The maximum atomic E-state index is 11.9. The fourth-order valence-electron chi connectivity index (χ4n) is 2.32. The summed E-state index contributed by atoms with van der Waals surface area (Å²) in [4.78, 5) is 22.6. The number of hydrogen-bond donors (Lipinski definition) is 2. The molecule has 1 aromatic carbocycles. The molecule has 0 spiro atoms. The average Bonchev–Trinajstić information content (AvgIpc) is 2.48. The monoisotopic (exact) mass is 273 g/mol. The Hall–Kier alpha value is -2.10. The van der Waals surface area contributed by atoms with Crippen LogP contribution in [0.4, 0.5) is 0 Å². The van der Waals surface area contributed by atoms with Crippen molar-refractivity contribution in [1.82, 2.24) is 5.32 Å². The van der Waals surface area contributed by atoms with Gasteiger partial charge in [-0.1, -0.05) is 24.3 Å². The normalized spacial score (nSPS) is 17.7. The summed E-state index contributed by atoms with van der Waals surface area (Å²) in [6, 6.07) is 6.76. The summed E-state index contributed by atoms with van der Waals surface area (Å²) in [5.41, 5.74) is 1.31. The van der Waals surface area contributed by atoms with E-state index in [1.807, 2.05) is 0 Å². The maximum Gasteiger partial charge on any atom is 0.335 e. The lowest BCUT2D eigenvalue weighted by Gasteiger charge is -2.17. The third kappa shape index (κ3) is 3.95. The van der Waals surface area contributed by atoms with Crippen LogP contribution in [0.2, 0.25) is 0 Å². The van der Waals surface area contributed by atoms with Gasteiger partial charge in [0.25, 0.3) is 0 Å². The van der Waals surface area contributed by atoms with Gasteiger partial charge >= 0.3 is 5.97 Å². The fraction of sp³-hybridized carbons (Fsp3) is 0.375. The molecule has 0 radical (unpaired) electrons. The molecule has 0 bridgehead atoms. The molecule has 106 valence electrons. The topological polar surface area (TPSA) is 66.4 Å². The van der Waals surface area contributed by atoms with Crippen LogP contribution in [-0.4, -0.2) is 23.5 Å². The Labute approximate surface area is 118 Å². The first-order valence-corrected chi connectivity index (χ1v) is 6.92. The lowest BCUT2D eigenvalue weighted by atomic mass is 9.93. The van der Waals surface area contributed by atoms with Crippen LogP contribution in [0.1, 0.15) is 35.2 Å². The zero-order valence-electron chi connectivity index (χ0n) is 11.3. The smallest absolute Gasteiger partial charge is 0.335 e. The molecule has 2 N–H and O–H groups in total. The molecule has 1 aromatic rings. The summed E-state index contributed by atoms with van der Waals surface area (Å²) in [6.45, 7) is 0.589. The molecule has 20 heavy (non-hydrogen) atoms. The molecule has 1 unspecified atom stereocenters. The number of nitrogens with one attached hydrogen (secondary N) is 1. The molecule has 0 aromatic heterocycles.